The minimum absolute atomic E-state index is 0.125. The van der Waals surface area contributed by atoms with Crippen molar-refractivity contribution >= 4 is 23.4 Å². The topological polar surface area (TPSA) is 75.2 Å². The Morgan fingerprint density at radius 3 is 2.65 bits per heavy atom. The molecule has 0 spiro atoms. The number of carbonyl (C=O) groups excluding carboxylic acids is 2. The molecule has 1 aliphatic rings. The van der Waals surface area contributed by atoms with Gasteiger partial charge >= 0.3 is 6.18 Å². The molecule has 1 aliphatic heterocycles. The van der Waals surface area contributed by atoms with Gasteiger partial charge in [-0.3, -0.25) is 9.59 Å². The Morgan fingerprint density at radius 2 is 2.09 bits per heavy atom. The van der Waals surface area contributed by atoms with Gasteiger partial charge in [0.15, 0.2) is 0 Å². The van der Waals surface area contributed by atoms with Crippen LogP contribution in [-0.4, -0.2) is 51.5 Å². The van der Waals surface area contributed by atoms with Crippen LogP contribution in [0.2, 0.25) is 5.02 Å². The summed E-state index contributed by atoms with van der Waals surface area (Å²) in [5.41, 5.74) is -0.292. The van der Waals surface area contributed by atoms with E-state index in [9.17, 15) is 22.8 Å². The standard InChI is InChI=1S/C13H14ClF3N4O2/c1-7(22)20-8-2-3-10(13(15,16)17)21(5-8)12(23)11-9(14)4-18-6-19-11/h4,6,8,10H,2-3,5H2,1H3,(H,20,22)/t8-,10-/m0/s1. The van der Waals surface area contributed by atoms with Gasteiger partial charge in [0.05, 0.1) is 5.02 Å². The lowest BCUT2D eigenvalue weighted by Crippen LogP contribution is -2.58. The van der Waals surface area contributed by atoms with Crippen LogP contribution in [0.1, 0.15) is 30.3 Å². The lowest BCUT2D eigenvalue weighted by molar-refractivity contribution is -0.184. The second-order valence-corrected chi connectivity index (χ2v) is 5.62. The molecular weight excluding hydrogens is 337 g/mol. The van der Waals surface area contributed by atoms with Crippen LogP contribution in [0, 0.1) is 0 Å². The summed E-state index contributed by atoms with van der Waals surface area (Å²) in [4.78, 5) is 31.5. The smallest absolute Gasteiger partial charge is 0.352 e. The highest BCUT2D eigenvalue weighted by Gasteiger charge is 2.48. The summed E-state index contributed by atoms with van der Waals surface area (Å²) < 4.78 is 39.6. The van der Waals surface area contributed by atoms with Crippen molar-refractivity contribution in [2.45, 2.75) is 38.0 Å². The van der Waals surface area contributed by atoms with E-state index in [1.165, 1.54) is 6.92 Å². The van der Waals surface area contributed by atoms with Gasteiger partial charge in [0.2, 0.25) is 5.91 Å². The predicted molar refractivity (Wildman–Crippen MR) is 74.8 cm³/mol. The molecule has 0 aromatic carbocycles. The minimum atomic E-state index is -4.57. The third-order valence-electron chi connectivity index (χ3n) is 3.50. The Kier molecular flexibility index (Phi) is 5.08. The number of carbonyl (C=O) groups is 2. The van der Waals surface area contributed by atoms with Gasteiger partial charge in [-0.2, -0.15) is 13.2 Å². The van der Waals surface area contributed by atoms with E-state index < -0.39 is 24.2 Å². The number of alkyl halides is 3. The Bertz CT molecular complexity index is 611. The summed E-state index contributed by atoms with van der Waals surface area (Å²) in [7, 11) is 0. The number of rotatable bonds is 2. The first-order valence-electron chi connectivity index (χ1n) is 6.80. The number of hydrogen-bond donors (Lipinski definition) is 1. The van der Waals surface area contributed by atoms with E-state index in [2.05, 4.69) is 15.3 Å². The zero-order valence-corrected chi connectivity index (χ0v) is 12.9. The van der Waals surface area contributed by atoms with E-state index in [1.807, 2.05) is 0 Å². The molecule has 2 amide bonds. The van der Waals surface area contributed by atoms with E-state index in [1.54, 1.807) is 0 Å². The highest BCUT2D eigenvalue weighted by atomic mass is 35.5. The van der Waals surface area contributed by atoms with Crippen molar-refractivity contribution in [2.24, 2.45) is 0 Å². The van der Waals surface area contributed by atoms with Crippen molar-refractivity contribution in [1.82, 2.24) is 20.2 Å². The van der Waals surface area contributed by atoms with E-state index in [0.29, 0.717) is 4.90 Å². The average Bonchev–Trinajstić information content (AvgIpc) is 2.45. The van der Waals surface area contributed by atoms with Gasteiger partial charge in [-0.1, -0.05) is 11.6 Å². The van der Waals surface area contributed by atoms with Crippen molar-refractivity contribution in [2.75, 3.05) is 6.54 Å². The summed E-state index contributed by atoms with van der Waals surface area (Å²) in [6.07, 6.45) is -2.57. The fraction of sp³-hybridized carbons (Fsp3) is 0.538. The molecule has 2 rings (SSSR count). The number of aromatic nitrogens is 2. The molecule has 23 heavy (non-hydrogen) atoms. The van der Waals surface area contributed by atoms with Gasteiger partial charge in [0.25, 0.3) is 5.91 Å². The second kappa shape index (κ2) is 6.69. The maximum atomic E-state index is 13.2. The van der Waals surface area contributed by atoms with Gasteiger partial charge in [-0.25, -0.2) is 9.97 Å². The minimum Gasteiger partial charge on any atom is -0.352 e. The van der Waals surface area contributed by atoms with Crippen molar-refractivity contribution in [3.05, 3.63) is 23.2 Å². The lowest BCUT2D eigenvalue weighted by Gasteiger charge is -2.40. The third-order valence-corrected chi connectivity index (χ3v) is 3.77. The van der Waals surface area contributed by atoms with Crippen molar-refractivity contribution in [3.63, 3.8) is 0 Å². The van der Waals surface area contributed by atoms with Crippen molar-refractivity contribution < 1.29 is 22.8 Å². The van der Waals surface area contributed by atoms with Crippen molar-refractivity contribution in [1.29, 1.82) is 0 Å². The molecule has 1 N–H and O–H groups in total. The zero-order chi connectivity index (χ0) is 17.2. The molecule has 0 aliphatic carbocycles. The molecule has 0 unspecified atom stereocenters. The van der Waals surface area contributed by atoms with Crippen LogP contribution in [0.15, 0.2) is 12.5 Å². The number of piperidine rings is 1. The molecule has 1 saturated heterocycles. The predicted octanol–water partition coefficient (Wildman–Crippen LogP) is 1.80. The van der Waals surface area contributed by atoms with Gasteiger partial charge < -0.3 is 10.2 Å². The normalized spacial score (nSPS) is 21.9. The van der Waals surface area contributed by atoms with Gasteiger partial charge in [0.1, 0.15) is 18.1 Å². The SMILES string of the molecule is CC(=O)N[C@H]1CC[C@@H](C(F)(F)F)N(C(=O)c2ncncc2Cl)C1. The van der Waals surface area contributed by atoms with Gasteiger partial charge in [-0.05, 0) is 12.8 Å². The van der Waals surface area contributed by atoms with Crippen LogP contribution in [0.25, 0.3) is 0 Å². The van der Waals surface area contributed by atoms with Crippen LogP contribution in [-0.2, 0) is 4.79 Å². The van der Waals surface area contributed by atoms with Crippen LogP contribution in [0.5, 0.6) is 0 Å². The maximum Gasteiger partial charge on any atom is 0.408 e. The highest BCUT2D eigenvalue weighted by Crippen LogP contribution is 2.33. The first kappa shape index (κ1) is 17.5. The molecule has 0 radical (unpaired) electrons. The van der Waals surface area contributed by atoms with E-state index >= 15 is 0 Å². The summed E-state index contributed by atoms with van der Waals surface area (Å²) >= 11 is 5.80. The summed E-state index contributed by atoms with van der Waals surface area (Å²) in [6.45, 7) is 1.01. The van der Waals surface area contributed by atoms with Crippen LogP contribution in [0.4, 0.5) is 13.2 Å². The fourth-order valence-electron chi connectivity index (χ4n) is 2.55. The van der Waals surface area contributed by atoms with Crippen LogP contribution in [0.3, 0.4) is 0 Å². The molecule has 10 heteroatoms. The van der Waals surface area contributed by atoms with Gasteiger partial charge in [0, 0.05) is 25.7 Å². The molecule has 126 valence electrons. The van der Waals surface area contributed by atoms with Crippen LogP contribution >= 0.6 is 11.6 Å². The van der Waals surface area contributed by atoms with E-state index in [0.717, 1.165) is 12.5 Å². The number of hydrogen-bond acceptors (Lipinski definition) is 4. The second-order valence-electron chi connectivity index (χ2n) is 5.21. The molecule has 1 fully saturated rings. The first-order valence-corrected chi connectivity index (χ1v) is 7.18. The average molecular weight is 351 g/mol. The molecule has 1 aromatic heterocycles. The number of amides is 2. The molecule has 0 bridgehead atoms. The molecule has 0 saturated carbocycles. The van der Waals surface area contributed by atoms with E-state index in [4.69, 9.17) is 11.6 Å². The molecular formula is C13H14ClF3N4O2. The largest absolute Gasteiger partial charge is 0.408 e. The van der Waals surface area contributed by atoms with Crippen molar-refractivity contribution in [3.8, 4) is 0 Å². The summed E-state index contributed by atoms with van der Waals surface area (Å²) in [5, 5.41) is 2.41. The molecule has 6 nitrogen and oxygen atoms in total. The molecule has 1 aromatic rings. The third kappa shape index (κ3) is 4.10. The maximum absolute atomic E-state index is 13.2. The summed E-state index contributed by atoms with van der Waals surface area (Å²) in [6, 6.07) is -2.48. The summed E-state index contributed by atoms with van der Waals surface area (Å²) in [5.74, 6) is -1.30. The monoisotopic (exact) mass is 350 g/mol. The van der Waals surface area contributed by atoms with Crippen LogP contribution < -0.4 is 5.32 Å². The molecule has 2 atom stereocenters. The fourth-order valence-corrected chi connectivity index (χ4v) is 2.73. The number of nitrogens with one attached hydrogen (secondary N) is 1. The Labute approximate surface area is 135 Å². The highest BCUT2D eigenvalue weighted by molar-refractivity contribution is 6.33. The number of nitrogens with zero attached hydrogens (tertiary/aromatic N) is 3. The quantitative estimate of drug-likeness (QED) is 0.882. The number of halogens is 4. The van der Waals surface area contributed by atoms with E-state index in [-0.39, 0.29) is 36.0 Å². The Morgan fingerprint density at radius 1 is 1.39 bits per heavy atom. The lowest BCUT2D eigenvalue weighted by atomic mass is 9.97. The Hall–Kier alpha value is -1.90. The van der Waals surface area contributed by atoms with Gasteiger partial charge in [-0.15, -0.1) is 0 Å². The zero-order valence-electron chi connectivity index (χ0n) is 12.1. The number of likely N-dealkylation sites (tertiary alicyclic amines) is 1. The molecule has 2 heterocycles. The Balaban J connectivity index is 2.29. The first-order chi connectivity index (χ1) is 10.7.